The minimum atomic E-state index is 0. The molecule has 0 spiro atoms. The summed E-state index contributed by atoms with van der Waals surface area (Å²) in [6, 6.07) is 10.3. The van der Waals surface area contributed by atoms with E-state index in [0.29, 0.717) is 0 Å². The second-order valence-corrected chi connectivity index (χ2v) is 4.19. The van der Waals surface area contributed by atoms with Crippen molar-refractivity contribution in [2.75, 3.05) is 38.1 Å². The summed E-state index contributed by atoms with van der Waals surface area (Å²) in [5, 5.41) is 6.39. The first kappa shape index (κ1) is 18.8. The van der Waals surface area contributed by atoms with Crippen LogP contribution in [-0.2, 0) is 0 Å². The lowest BCUT2D eigenvalue weighted by atomic mass is 10.3. The van der Waals surface area contributed by atoms with Gasteiger partial charge < -0.3 is 15.5 Å². The summed E-state index contributed by atoms with van der Waals surface area (Å²) in [5.41, 5.74) is 1.21. The molecule has 0 fully saturated rings. The van der Waals surface area contributed by atoms with Gasteiger partial charge in [-0.2, -0.15) is 0 Å². The monoisotopic (exact) mass is 388 g/mol. The molecular weight excluding hydrogens is 363 g/mol. The van der Waals surface area contributed by atoms with Gasteiger partial charge in [-0.15, -0.1) is 30.6 Å². The smallest absolute Gasteiger partial charge is 0.191 e. The van der Waals surface area contributed by atoms with Crippen molar-refractivity contribution in [1.29, 1.82) is 0 Å². The van der Waals surface area contributed by atoms with Crippen LogP contribution in [0.1, 0.15) is 6.92 Å². The Kier molecular flexibility index (Phi) is 10.9. The lowest BCUT2D eigenvalue weighted by Gasteiger charge is -2.18. The van der Waals surface area contributed by atoms with E-state index in [9.17, 15) is 0 Å². The summed E-state index contributed by atoms with van der Waals surface area (Å²) in [7, 11) is 2.08. The van der Waals surface area contributed by atoms with Crippen LogP contribution in [0.3, 0.4) is 0 Å². The Morgan fingerprint density at radius 3 is 2.60 bits per heavy atom. The Balaban J connectivity index is 0.00000361. The van der Waals surface area contributed by atoms with Gasteiger partial charge in [0.2, 0.25) is 0 Å². The van der Waals surface area contributed by atoms with Crippen LogP contribution < -0.4 is 15.5 Å². The van der Waals surface area contributed by atoms with E-state index in [1.807, 2.05) is 24.3 Å². The molecule has 2 N–H and O–H groups in total. The molecule has 0 atom stereocenters. The standard InChI is InChI=1S/C15H24N4.HI/c1-4-11-17-15(16-5-2)18-12-13-19(3)14-9-7-6-8-10-14;/h4,6-10H,1,5,11-13H2,2-3H3,(H2,16,17,18);1H. The SMILES string of the molecule is C=CCNC(=NCCN(C)c1ccccc1)NCC.I. The molecule has 0 unspecified atom stereocenters. The van der Waals surface area contributed by atoms with Crippen LogP contribution in [0, 0.1) is 0 Å². The molecule has 0 aliphatic carbocycles. The molecule has 112 valence electrons. The Morgan fingerprint density at radius 2 is 2.00 bits per heavy atom. The second kappa shape index (κ2) is 11.6. The van der Waals surface area contributed by atoms with Crippen molar-refractivity contribution < 1.29 is 0 Å². The summed E-state index contributed by atoms with van der Waals surface area (Å²) in [6.45, 7) is 8.96. The molecule has 20 heavy (non-hydrogen) atoms. The number of nitrogens with zero attached hydrogens (tertiary/aromatic N) is 2. The summed E-state index contributed by atoms with van der Waals surface area (Å²) < 4.78 is 0. The molecule has 4 nitrogen and oxygen atoms in total. The third-order valence-electron chi connectivity index (χ3n) is 2.66. The summed E-state index contributed by atoms with van der Waals surface area (Å²) in [6.07, 6.45) is 1.82. The van der Waals surface area contributed by atoms with Crippen LogP contribution in [0.4, 0.5) is 5.69 Å². The number of rotatable bonds is 7. The molecule has 1 aromatic carbocycles. The van der Waals surface area contributed by atoms with Crippen molar-refractivity contribution in [2.45, 2.75) is 6.92 Å². The second-order valence-electron chi connectivity index (χ2n) is 4.19. The molecule has 0 aliphatic heterocycles. The largest absolute Gasteiger partial charge is 0.373 e. The van der Waals surface area contributed by atoms with E-state index in [0.717, 1.165) is 32.1 Å². The number of likely N-dealkylation sites (N-methyl/N-ethyl adjacent to an activating group) is 1. The molecular formula is C15H25IN4. The Labute approximate surface area is 139 Å². The van der Waals surface area contributed by atoms with Gasteiger partial charge in [-0.05, 0) is 19.1 Å². The van der Waals surface area contributed by atoms with Crippen molar-refractivity contribution >= 4 is 35.6 Å². The first-order valence-electron chi connectivity index (χ1n) is 6.67. The highest BCUT2D eigenvalue weighted by Gasteiger charge is 1.99. The molecule has 0 saturated heterocycles. The van der Waals surface area contributed by atoms with Gasteiger partial charge >= 0.3 is 0 Å². The summed E-state index contributed by atoms with van der Waals surface area (Å²) in [5.74, 6) is 0.837. The third kappa shape index (κ3) is 7.37. The zero-order valence-corrected chi connectivity index (χ0v) is 14.6. The molecule has 0 heterocycles. The van der Waals surface area contributed by atoms with E-state index in [1.54, 1.807) is 0 Å². The van der Waals surface area contributed by atoms with Gasteiger partial charge in [0.1, 0.15) is 0 Å². The highest BCUT2D eigenvalue weighted by Crippen LogP contribution is 2.09. The average Bonchev–Trinajstić information content (AvgIpc) is 2.45. The molecule has 0 bridgehead atoms. The number of hydrogen-bond acceptors (Lipinski definition) is 2. The fourth-order valence-electron chi connectivity index (χ4n) is 1.63. The normalized spacial score (nSPS) is 10.4. The highest BCUT2D eigenvalue weighted by atomic mass is 127. The molecule has 0 saturated carbocycles. The molecule has 1 aromatic rings. The molecule has 0 radical (unpaired) electrons. The average molecular weight is 388 g/mol. The highest BCUT2D eigenvalue weighted by molar-refractivity contribution is 14.0. The quantitative estimate of drug-likeness (QED) is 0.326. The number of halogens is 1. The van der Waals surface area contributed by atoms with Crippen LogP contribution in [0.2, 0.25) is 0 Å². The van der Waals surface area contributed by atoms with E-state index >= 15 is 0 Å². The van der Waals surface area contributed by atoms with Crippen molar-refractivity contribution in [3.8, 4) is 0 Å². The topological polar surface area (TPSA) is 39.7 Å². The van der Waals surface area contributed by atoms with Crippen molar-refractivity contribution in [3.05, 3.63) is 43.0 Å². The van der Waals surface area contributed by atoms with E-state index in [2.05, 4.69) is 53.2 Å². The first-order valence-corrected chi connectivity index (χ1v) is 6.67. The van der Waals surface area contributed by atoms with E-state index in [1.165, 1.54) is 5.69 Å². The Morgan fingerprint density at radius 1 is 1.30 bits per heavy atom. The van der Waals surface area contributed by atoms with E-state index in [-0.39, 0.29) is 24.0 Å². The van der Waals surface area contributed by atoms with Gasteiger partial charge in [0.25, 0.3) is 0 Å². The molecule has 0 aromatic heterocycles. The zero-order chi connectivity index (χ0) is 13.9. The maximum absolute atomic E-state index is 4.52. The Bertz CT molecular complexity index is 392. The predicted octanol–water partition coefficient (Wildman–Crippen LogP) is 2.48. The van der Waals surface area contributed by atoms with Gasteiger partial charge in [-0.1, -0.05) is 24.3 Å². The van der Waals surface area contributed by atoms with Gasteiger partial charge in [0.15, 0.2) is 5.96 Å². The van der Waals surface area contributed by atoms with Crippen molar-refractivity contribution in [2.24, 2.45) is 4.99 Å². The third-order valence-corrected chi connectivity index (χ3v) is 2.66. The number of guanidine groups is 1. The minimum absolute atomic E-state index is 0. The Hall–Kier alpha value is -1.24. The predicted molar refractivity (Wildman–Crippen MR) is 99.3 cm³/mol. The zero-order valence-electron chi connectivity index (χ0n) is 12.3. The summed E-state index contributed by atoms with van der Waals surface area (Å²) >= 11 is 0. The first-order chi connectivity index (χ1) is 9.27. The van der Waals surface area contributed by atoms with Crippen LogP contribution in [-0.4, -0.2) is 39.2 Å². The molecule has 0 aliphatic rings. The number of nitrogens with one attached hydrogen (secondary N) is 2. The number of anilines is 1. The number of aliphatic imine (C=N–C) groups is 1. The van der Waals surface area contributed by atoms with Crippen LogP contribution in [0.5, 0.6) is 0 Å². The van der Waals surface area contributed by atoms with Crippen molar-refractivity contribution in [1.82, 2.24) is 10.6 Å². The van der Waals surface area contributed by atoms with E-state index < -0.39 is 0 Å². The fraction of sp³-hybridized carbons (Fsp3) is 0.400. The maximum Gasteiger partial charge on any atom is 0.191 e. The lowest BCUT2D eigenvalue weighted by molar-refractivity contribution is 0.834. The van der Waals surface area contributed by atoms with E-state index in [4.69, 9.17) is 0 Å². The van der Waals surface area contributed by atoms with Gasteiger partial charge in [0, 0.05) is 32.4 Å². The van der Waals surface area contributed by atoms with Gasteiger partial charge in [-0.25, -0.2) is 0 Å². The fourth-order valence-corrected chi connectivity index (χ4v) is 1.63. The maximum atomic E-state index is 4.52. The van der Waals surface area contributed by atoms with Crippen LogP contribution in [0.15, 0.2) is 48.0 Å². The number of para-hydroxylation sites is 1. The minimum Gasteiger partial charge on any atom is -0.373 e. The van der Waals surface area contributed by atoms with Crippen LogP contribution >= 0.6 is 24.0 Å². The van der Waals surface area contributed by atoms with Crippen molar-refractivity contribution in [3.63, 3.8) is 0 Å². The lowest BCUT2D eigenvalue weighted by Crippen LogP contribution is -2.37. The molecule has 5 heteroatoms. The number of hydrogen-bond donors (Lipinski definition) is 2. The number of benzene rings is 1. The molecule has 1 rings (SSSR count). The van der Waals surface area contributed by atoms with Crippen LogP contribution in [0.25, 0.3) is 0 Å². The molecule has 0 amide bonds. The van der Waals surface area contributed by atoms with Gasteiger partial charge in [0.05, 0.1) is 6.54 Å². The van der Waals surface area contributed by atoms with Gasteiger partial charge in [-0.3, -0.25) is 4.99 Å². The summed E-state index contributed by atoms with van der Waals surface area (Å²) in [4.78, 5) is 6.72.